The van der Waals surface area contributed by atoms with Crippen LogP contribution in [0.4, 0.5) is 0 Å². The number of carbonyl (C=O) groups is 1. The Labute approximate surface area is 88.9 Å². The first-order chi connectivity index (χ1) is 6.56. The molecule has 0 radical (unpaired) electrons. The molecule has 1 aromatic rings. The highest BCUT2D eigenvalue weighted by Crippen LogP contribution is 2.18. The van der Waals surface area contributed by atoms with Gasteiger partial charge in [-0.3, -0.25) is 0 Å². The number of aromatic nitrogens is 1. The average Bonchev–Trinajstić information content (AvgIpc) is 2.01. The molecule has 1 aromatic heterocycles. The van der Waals surface area contributed by atoms with Gasteiger partial charge in [0.05, 0.1) is 12.2 Å². The smallest absolute Gasteiger partial charge is 0.341 e. The van der Waals surface area contributed by atoms with Crippen molar-refractivity contribution in [3.05, 3.63) is 22.9 Å². The zero-order valence-corrected chi connectivity index (χ0v) is 9.39. The van der Waals surface area contributed by atoms with Crippen LogP contribution in [0.2, 0.25) is 0 Å². The summed E-state index contributed by atoms with van der Waals surface area (Å²) in [7, 11) is 0. The summed E-state index contributed by atoms with van der Waals surface area (Å²) in [5.41, 5.74) is 2.15. The molecule has 0 fully saturated rings. The van der Waals surface area contributed by atoms with Gasteiger partial charge in [-0.25, -0.2) is 9.78 Å². The van der Waals surface area contributed by atoms with Crippen LogP contribution in [0.3, 0.4) is 0 Å². The monoisotopic (exact) mass is 211 g/mol. The number of carbonyl (C=O) groups excluding carboxylic acids is 1. The van der Waals surface area contributed by atoms with Gasteiger partial charge in [-0.15, -0.1) is 12.6 Å². The van der Waals surface area contributed by atoms with Crippen LogP contribution in [0.1, 0.15) is 28.5 Å². The van der Waals surface area contributed by atoms with Crippen LogP contribution in [0.15, 0.2) is 11.1 Å². The summed E-state index contributed by atoms with van der Waals surface area (Å²) in [6, 6.07) is 1.84. The average molecular weight is 211 g/mol. The topological polar surface area (TPSA) is 39.2 Å². The Kier molecular flexibility index (Phi) is 3.52. The molecule has 76 valence electrons. The van der Waals surface area contributed by atoms with Crippen LogP contribution in [-0.4, -0.2) is 17.6 Å². The molecule has 0 atom stereocenters. The van der Waals surface area contributed by atoms with Crippen molar-refractivity contribution in [1.29, 1.82) is 0 Å². The number of thiol groups is 1. The summed E-state index contributed by atoms with van der Waals surface area (Å²) in [5.74, 6) is -0.359. The van der Waals surface area contributed by atoms with E-state index in [2.05, 4.69) is 17.6 Å². The summed E-state index contributed by atoms with van der Waals surface area (Å²) in [6.45, 7) is 5.84. The van der Waals surface area contributed by atoms with Crippen LogP contribution in [-0.2, 0) is 4.74 Å². The van der Waals surface area contributed by atoms with Gasteiger partial charge < -0.3 is 4.74 Å². The number of esters is 1. The molecule has 4 heteroatoms. The summed E-state index contributed by atoms with van der Waals surface area (Å²) in [4.78, 5) is 15.6. The summed E-state index contributed by atoms with van der Waals surface area (Å²) in [5, 5.41) is 0.431. The van der Waals surface area contributed by atoms with E-state index in [4.69, 9.17) is 4.74 Å². The fourth-order valence-electron chi connectivity index (χ4n) is 1.27. The lowest BCUT2D eigenvalue weighted by Crippen LogP contribution is -2.09. The van der Waals surface area contributed by atoms with Crippen molar-refractivity contribution in [3.63, 3.8) is 0 Å². The molecule has 0 aliphatic rings. The van der Waals surface area contributed by atoms with Gasteiger partial charge in [0.1, 0.15) is 5.03 Å². The lowest BCUT2D eigenvalue weighted by molar-refractivity contribution is 0.0520. The fourth-order valence-corrected chi connectivity index (χ4v) is 1.70. The van der Waals surface area contributed by atoms with Gasteiger partial charge in [0.25, 0.3) is 0 Å². The molecule has 0 amide bonds. The predicted octanol–water partition coefficient (Wildman–Crippen LogP) is 2.16. The second-order valence-electron chi connectivity index (χ2n) is 3.00. The fraction of sp³-hybridized carbons (Fsp3) is 0.400. The van der Waals surface area contributed by atoms with Gasteiger partial charge in [-0.2, -0.15) is 0 Å². The molecule has 0 aromatic carbocycles. The largest absolute Gasteiger partial charge is 0.462 e. The number of hydrogen-bond donors (Lipinski definition) is 1. The van der Waals surface area contributed by atoms with E-state index >= 15 is 0 Å². The predicted molar refractivity (Wildman–Crippen MR) is 56.9 cm³/mol. The Morgan fingerprint density at radius 1 is 1.57 bits per heavy atom. The SMILES string of the molecule is CCOC(=O)c1c(C)cc(C)nc1S. The van der Waals surface area contributed by atoms with E-state index in [1.165, 1.54) is 0 Å². The van der Waals surface area contributed by atoms with Crippen LogP contribution in [0.5, 0.6) is 0 Å². The zero-order chi connectivity index (χ0) is 10.7. The van der Waals surface area contributed by atoms with Crippen molar-refractivity contribution in [3.8, 4) is 0 Å². The highest BCUT2D eigenvalue weighted by molar-refractivity contribution is 7.80. The maximum Gasteiger partial charge on any atom is 0.341 e. The number of pyridine rings is 1. The lowest BCUT2D eigenvalue weighted by atomic mass is 10.1. The van der Waals surface area contributed by atoms with Crippen LogP contribution >= 0.6 is 12.6 Å². The van der Waals surface area contributed by atoms with Crippen molar-refractivity contribution in [2.45, 2.75) is 25.8 Å². The minimum absolute atomic E-state index is 0.359. The minimum atomic E-state index is -0.359. The van der Waals surface area contributed by atoms with E-state index in [0.29, 0.717) is 17.2 Å². The molecule has 1 heterocycles. The molecule has 0 aliphatic heterocycles. The molecule has 0 aliphatic carbocycles. The number of hydrogen-bond acceptors (Lipinski definition) is 4. The normalized spacial score (nSPS) is 10.0. The second kappa shape index (κ2) is 4.46. The second-order valence-corrected chi connectivity index (χ2v) is 3.42. The summed E-state index contributed by atoms with van der Waals surface area (Å²) in [6.07, 6.45) is 0. The van der Waals surface area contributed by atoms with Gasteiger partial charge in [0, 0.05) is 5.69 Å². The first-order valence-electron chi connectivity index (χ1n) is 4.40. The molecule has 0 saturated carbocycles. The van der Waals surface area contributed by atoms with Crippen LogP contribution < -0.4 is 0 Å². The van der Waals surface area contributed by atoms with E-state index in [9.17, 15) is 4.79 Å². The Morgan fingerprint density at radius 3 is 2.71 bits per heavy atom. The quantitative estimate of drug-likeness (QED) is 0.602. The maximum atomic E-state index is 11.5. The first kappa shape index (κ1) is 11.0. The van der Waals surface area contributed by atoms with Crippen molar-refractivity contribution in [1.82, 2.24) is 4.98 Å². The maximum absolute atomic E-state index is 11.5. The third-order valence-electron chi connectivity index (χ3n) is 1.81. The van der Waals surface area contributed by atoms with Crippen LogP contribution in [0, 0.1) is 13.8 Å². The van der Waals surface area contributed by atoms with Gasteiger partial charge in [0.2, 0.25) is 0 Å². The van der Waals surface area contributed by atoms with E-state index < -0.39 is 0 Å². The van der Waals surface area contributed by atoms with Gasteiger partial charge in [-0.1, -0.05) is 0 Å². The van der Waals surface area contributed by atoms with Crippen LogP contribution in [0.25, 0.3) is 0 Å². The molecule has 0 bridgehead atoms. The summed E-state index contributed by atoms with van der Waals surface area (Å²) < 4.78 is 4.90. The molecule has 14 heavy (non-hydrogen) atoms. The third kappa shape index (κ3) is 2.26. The van der Waals surface area contributed by atoms with E-state index in [-0.39, 0.29) is 5.97 Å². The lowest BCUT2D eigenvalue weighted by Gasteiger charge is -2.08. The van der Waals surface area contributed by atoms with Crippen molar-refractivity contribution in [2.75, 3.05) is 6.61 Å². The Hall–Kier alpha value is -1.03. The highest BCUT2D eigenvalue weighted by Gasteiger charge is 2.15. The summed E-state index contributed by atoms with van der Waals surface area (Å²) >= 11 is 4.16. The first-order valence-corrected chi connectivity index (χ1v) is 4.85. The number of ether oxygens (including phenoxy) is 1. The number of rotatable bonds is 2. The zero-order valence-electron chi connectivity index (χ0n) is 8.50. The molecule has 0 saturated heterocycles. The van der Waals surface area contributed by atoms with E-state index in [1.807, 2.05) is 19.9 Å². The molecule has 0 spiro atoms. The highest BCUT2D eigenvalue weighted by atomic mass is 32.1. The Morgan fingerprint density at radius 2 is 2.21 bits per heavy atom. The minimum Gasteiger partial charge on any atom is -0.462 e. The van der Waals surface area contributed by atoms with Crippen molar-refractivity contribution >= 4 is 18.6 Å². The van der Waals surface area contributed by atoms with Gasteiger partial charge in [0.15, 0.2) is 0 Å². The molecule has 0 N–H and O–H groups in total. The Bertz CT molecular complexity index is 340. The molecular formula is C10H13NO2S. The molecule has 0 unspecified atom stereocenters. The van der Waals surface area contributed by atoms with Gasteiger partial charge >= 0.3 is 5.97 Å². The standard InChI is InChI=1S/C10H13NO2S/c1-4-13-10(12)8-6(2)5-7(3)11-9(8)14/h5H,4H2,1-3H3,(H,11,14). The molecular weight excluding hydrogens is 198 g/mol. The number of nitrogens with zero attached hydrogens (tertiary/aromatic N) is 1. The Balaban J connectivity index is 3.14. The van der Waals surface area contributed by atoms with E-state index in [0.717, 1.165) is 11.3 Å². The van der Waals surface area contributed by atoms with Gasteiger partial charge in [-0.05, 0) is 32.4 Å². The molecule has 1 rings (SSSR count). The van der Waals surface area contributed by atoms with Crippen molar-refractivity contribution in [2.24, 2.45) is 0 Å². The molecule has 3 nitrogen and oxygen atoms in total. The third-order valence-corrected chi connectivity index (χ3v) is 2.13. The van der Waals surface area contributed by atoms with Crippen molar-refractivity contribution < 1.29 is 9.53 Å². The van der Waals surface area contributed by atoms with E-state index in [1.54, 1.807) is 6.92 Å². The number of aryl methyl sites for hydroxylation is 2.